The monoisotopic (exact) mass is 306 g/mol. The highest BCUT2D eigenvalue weighted by atomic mass is 16.3. The summed E-state index contributed by atoms with van der Waals surface area (Å²) in [5, 5.41) is 20.7. The van der Waals surface area contributed by atoms with Crippen molar-refractivity contribution in [3.63, 3.8) is 0 Å². The number of allylic oxidation sites excluding steroid dienone is 1. The van der Waals surface area contributed by atoms with Crippen molar-refractivity contribution in [2.75, 3.05) is 0 Å². The minimum atomic E-state index is -0.813. The Morgan fingerprint density at radius 1 is 1.32 bits per heavy atom. The summed E-state index contributed by atoms with van der Waals surface area (Å²) in [7, 11) is 0. The molecule has 2 aliphatic carbocycles. The van der Waals surface area contributed by atoms with Gasteiger partial charge in [0, 0.05) is 0 Å². The predicted molar refractivity (Wildman–Crippen MR) is 92.5 cm³/mol. The number of fused-ring (bicyclic) bond motifs is 1. The van der Waals surface area contributed by atoms with E-state index < -0.39 is 5.60 Å². The topological polar surface area (TPSA) is 40.5 Å². The van der Waals surface area contributed by atoms with Crippen molar-refractivity contribution in [3.8, 4) is 0 Å². The van der Waals surface area contributed by atoms with Crippen LogP contribution in [0.4, 0.5) is 0 Å². The third kappa shape index (κ3) is 3.19. The summed E-state index contributed by atoms with van der Waals surface area (Å²) in [6.45, 7) is 16.9. The van der Waals surface area contributed by atoms with Gasteiger partial charge in [0.1, 0.15) is 0 Å². The second-order valence-electron chi connectivity index (χ2n) is 8.96. The first kappa shape index (κ1) is 17.7. The highest BCUT2D eigenvalue weighted by Gasteiger charge is 2.54. The van der Waals surface area contributed by atoms with Crippen molar-refractivity contribution in [2.45, 2.75) is 77.9 Å². The molecule has 0 spiro atoms. The Kier molecular flexibility index (Phi) is 4.68. The molecule has 2 heteroatoms. The molecule has 0 bridgehead atoms. The van der Waals surface area contributed by atoms with Crippen LogP contribution in [0.2, 0.25) is 0 Å². The van der Waals surface area contributed by atoms with E-state index in [4.69, 9.17) is 0 Å². The summed E-state index contributed by atoms with van der Waals surface area (Å²) in [4.78, 5) is 0. The molecule has 2 N–H and O–H groups in total. The van der Waals surface area contributed by atoms with Gasteiger partial charge in [-0.05, 0) is 68.1 Å². The van der Waals surface area contributed by atoms with Crippen LogP contribution in [0.15, 0.2) is 24.8 Å². The summed E-state index contributed by atoms with van der Waals surface area (Å²) >= 11 is 0. The molecule has 0 aromatic heterocycles. The standard InChI is InChI=1S/C20H34O2/c1-7-19(5,22)11-10-16-14(2)8-9-17-18(3,4)12-15(21)13-20(16,17)6/h7,15-17,21-22H,1-2,8-13H2,3-6H3/t15-,16-,17-,19-,20+/m0/s1. The zero-order valence-electron chi connectivity index (χ0n) is 14.9. The van der Waals surface area contributed by atoms with E-state index in [0.717, 1.165) is 25.7 Å². The van der Waals surface area contributed by atoms with Gasteiger partial charge in [0.25, 0.3) is 0 Å². The van der Waals surface area contributed by atoms with Gasteiger partial charge in [-0.1, -0.05) is 39.0 Å². The molecule has 2 rings (SSSR count). The number of hydrogen-bond acceptors (Lipinski definition) is 2. The zero-order chi connectivity index (χ0) is 16.8. The molecule has 0 aromatic rings. The molecule has 2 aliphatic rings. The Bertz CT molecular complexity index is 449. The van der Waals surface area contributed by atoms with E-state index in [1.165, 1.54) is 12.0 Å². The Hall–Kier alpha value is -0.600. The van der Waals surface area contributed by atoms with Crippen LogP contribution < -0.4 is 0 Å². The maximum atomic E-state index is 10.4. The molecule has 2 saturated carbocycles. The quantitative estimate of drug-likeness (QED) is 0.752. The van der Waals surface area contributed by atoms with Crippen LogP contribution >= 0.6 is 0 Å². The molecule has 0 heterocycles. The molecule has 22 heavy (non-hydrogen) atoms. The van der Waals surface area contributed by atoms with Gasteiger partial charge in [0.15, 0.2) is 0 Å². The average molecular weight is 306 g/mol. The molecule has 0 radical (unpaired) electrons. The molecule has 5 atom stereocenters. The van der Waals surface area contributed by atoms with Crippen LogP contribution in [0.5, 0.6) is 0 Å². The third-order valence-electron chi connectivity index (χ3n) is 6.60. The first-order chi connectivity index (χ1) is 10.0. The SMILES string of the molecule is C=C[C@](C)(O)CC[C@H]1C(=C)CC[C@H]2C(C)(C)C[C@H](O)C[C@]12C. The summed E-state index contributed by atoms with van der Waals surface area (Å²) in [6, 6.07) is 0. The fourth-order valence-corrected chi connectivity index (χ4v) is 5.51. The van der Waals surface area contributed by atoms with Crippen LogP contribution in [0.1, 0.15) is 66.2 Å². The molecule has 0 unspecified atom stereocenters. The van der Waals surface area contributed by atoms with Crippen LogP contribution in [0.3, 0.4) is 0 Å². The lowest BCUT2D eigenvalue weighted by Gasteiger charge is -2.59. The van der Waals surface area contributed by atoms with E-state index in [0.29, 0.717) is 18.3 Å². The minimum Gasteiger partial charge on any atom is -0.393 e. The van der Waals surface area contributed by atoms with Crippen LogP contribution in [0, 0.1) is 22.7 Å². The van der Waals surface area contributed by atoms with Gasteiger partial charge in [0.2, 0.25) is 0 Å². The van der Waals surface area contributed by atoms with Crippen molar-refractivity contribution in [3.05, 3.63) is 24.8 Å². The summed E-state index contributed by atoms with van der Waals surface area (Å²) in [5.41, 5.74) is 0.760. The first-order valence-corrected chi connectivity index (χ1v) is 8.73. The van der Waals surface area contributed by atoms with Gasteiger partial charge in [-0.2, -0.15) is 0 Å². The molecule has 2 nitrogen and oxygen atoms in total. The molecule has 0 aromatic carbocycles. The maximum absolute atomic E-state index is 10.4. The molecular weight excluding hydrogens is 272 g/mol. The van der Waals surface area contributed by atoms with Gasteiger partial charge >= 0.3 is 0 Å². The summed E-state index contributed by atoms with van der Waals surface area (Å²) < 4.78 is 0. The molecule has 126 valence electrons. The first-order valence-electron chi connectivity index (χ1n) is 8.73. The lowest BCUT2D eigenvalue weighted by atomic mass is 9.46. The fraction of sp³-hybridized carbons (Fsp3) is 0.800. The molecular formula is C20H34O2. The van der Waals surface area contributed by atoms with Crippen molar-refractivity contribution in [2.24, 2.45) is 22.7 Å². The highest BCUT2D eigenvalue weighted by Crippen LogP contribution is 2.61. The third-order valence-corrected chi connectivity index (χ3v) is 6.60. The fourth-order valence-electron chi connectivity index (χ4n) is 5.51. The minimum absolute atomic E-state index is 0.0910. The van der Waals surface area contributed by atoms with Gasteiger partial charge in [0.05, 0.1) is 11.7 Å². The van der Waals surface area contributed by atoms with Crippen molar-refractivity contribution < 1.29 is 10.2 Å². The Balaban J connectivity index is 2.26. The maximum Gasteiger partial charge on any atom is 0.0797 e. The van der Waals surface area contributed by atoms with E-state index in [2.05, 4.69) is 33.9 Å². The Labute approximate surface area is 136 Å². The van der Waals surface area contributed by atoms with Crippen LogP contribution in [-0.2, 0) is 0 Å². The number of aliphatic hydroxyl groups is 2. The van der Waals surface area contributed by atoms with Crippen LogP contribution in [0.25, 0.3) is 0 Å². The lowest BCUT2D eigenvalue weighted by molar-refractivity contribution is -0.108. The largest absolute Gasteiger partial charge is 0.393 e. The molecule has 0 amide bonds. The normalized spacial score (nSPS) is 40.6. The van der Waals surface area contributed by atoms with Crippen molar-refractivity contribution in [1.82, 2.24) is 0 Å². The zero-order valence-corrected chi connectivity index (χ0v) is 14.9. The number of aliphatic hydroxyl groups excluding tert-OH is 1. The molecule has 0 aliphatic heterocycles. The number of hydrogen-bond donors (Lipinski definition) is 2. The highest BCUT2D eigenvalue weighted by molar-refractivity contribution is 5.17. The Morgan fingerprint density at radius 2 is 1.95 bits per heavy atom. The molecule has 0 saturated heterocycles. The van der Waals surface area contributed by atoms with Crippen LogP contribution in [-0.4, -0.2) is 21.9 Å². The second-order valence-corrected chi connectivity index (χ2v) is 8.96. The smallest absolute Gasteiger partial charge is 0.0797 e. The van der Waals surface area contributed by atoms with E-state index in [-0.39, 0.29) is 16.9 Å². The van der Waals surface area contributed by atoms with Gasteiger partial charge in [-0.25, -0.2) is 0 Å². The summed E-state index contributed by atoms with van der Waals surface area (Å²) in [6.07, 6.45) is 7.08. The van der Waals surface area contributed by atoms with Gasteiger partial charge in [-0.15, -0.1) is 6.58 Å². The second kappa shape index (κ2) is 5.79. The van der Waals surface area contributed by atoms with E-state index in [9.17, 15) is 10.2 Å². The summed E-state index contributed by atoms with van der Waals surface area (Å²) in [5.74, 6) is 1.000. The number of rotatable bonds is 4. The Morgan fingerprint density at radius 3 is 2.55 bits per heavy atom. The van der Waals surface area contributed by atoms with Gasteiger partial charge < -0.3 is 10.2 Å². The average Bonchev–Trinajstić information content (AvgIpc) is 2.35. The van der Waals surface area contributed by atoms with Crippen molar-refractivity contribution >= 4 is 0 Å². The lowest BCUT2D eigenvalue weighted by Crippen LogP contribution is -2.53. The predicted octanol–water partition coefficient (Wildman–Crippen LogP) is 4.47. The van der Waals surface area contributed by atoms with E-state index in [1.807, 2.05) is 6.92 Å². The van der Waals surface area contributed by atoms with E-state index >= 15 is 0 Å². The van der Waals surface area contributed by atoms with Gasteiger partial charge in [-0.3, -0.25) is 0 Å². The van der Waals surface area contributed by atoms with Crippen molar-refractivity contribution in [1.29, 1.82) is 0 Å². The molecule has 2 fully saturated rings. The van der Waals surface area contributed by atoms with E-state index in [1.54, 1.807) is 6.08 Å².